The summed E-state index contributed by atoms with van der Waals surface area (Å²) < 4.78 is 0. The first-order chi connectivity index (χ1) is 2.95. The average molecular weight is 80.1 g/mol. The van der Waals surface area contributed by atoms with Gasteiger partial charge in [-0.3, -0.25) is 0 Å². The normalized spacial score (nSPS) is 52.0. The van der Waals surface area contributed by atoms with Gasteiger partial charge in [0.2, 0.25) is 0 Å². The van der Waals surface area contributed by atoms with Crippen LogP contribution in [0, 0.1) is 18.3 Å². The Balaban J connectivity index is 2.16. The van der Waals surface area contributed by atoms with Crippen molar-refractivity contribution in [3.8, 4) is 0 Å². The van der Waals surface area contributed by atoms with E-state index in [1.807, 2.05) is 0 Å². The van der Waals surface area contributed by atoms with Crippen molar-refractivity contribution in [1.29, 1.82) is 0 Å². The fourth-order valence-corrected chi connectivity index (χ4v) is 1.40. The first kappa shape index (κ1) is 3.06. The molecule has 2 bridgehead atoms. The van der Waals surface area contributed by atoms with Crippen LogP contribution in [0.15, 0.2) is 0 Å². The Kier molecular flexibility index (Phi) is 0.408. The van der Waals surface area contributed by atoms with Crippen LogP contribution in [0.2, 0.25) is 0 Å². The van der Waals surface area contributed by atoms with Crippen molar-refractivity contribution in [2.24, 2.45) is 11.8 Å². The summed E-state index contributed by atoms with van der Waals surface area (Å²) in [6, 6.07) is 0. The number of hydrogen-bond acceptors (Lipinski definition) is 0. The van der Waals surface area contributed by atoms with E-state index in [4.69, 9.17) is 0 Å². The first-order valence-electron chi connectivity index (χ1n) is 2.68. The average Bonchev–Trinajstić information content (AvgIpc) is 1.72. The molecule has 0 aliphatic heterocycles. The summed E-state index contributed by atoms with van der Waals surface area (Å²) in [6.07, 6.45) is 7.65. The van der Waals surface area contributed by atoms with Gasteiger partial charge in [-0.15, -0.1) is 0 Å². The SMILES string of the molecule is [C]1CC2CC1C2. The summed E-state index contributed by atoms with van der Waals surface area (Å²) in [5.41, 5.74) is 0. The van der Waals surface area contributed by atoms with E-state index in [1.54, 1.807) is 0 Å². The molecule has 0 atom stereocenters. The van der Waals surface area contributed by atoms with Crippen molar-refractivity contribution in [2.75, 3.05) is 0 Å². The van der Waals surface area contributed by atoms with Crippen molar-refractivity contribution in [3.05, 3.63) is 6.42 Å². The van der Waals surface area contributed by atoms with Crippen molar-refractivity contribution in [3.63, 3.8) is 0 Å². The minimum atomic E-state index is 0.940. The molecular formula is C6H8. The van der Waals surface area contributed by atoms with E-state index in [0.717, 1.165) is 11.8 Å². The third-order valence-corrected chi connectivity index (χ3v) is 1.93. The van der Waals surface area contributed by atoms with Gasteiger partial charge in [0.15, 0.2) is 0 Å². The minimum Gasteiger partial charge on any atom is -0.0470 e. The monoisotopic (exact) mass is 80.1 g/mol. The highest BCUT2D eigenvalue weighted by molar-refractivity contribution is 4.99. The summed E-state index contributed by atoms with van der Waals surface area (Å²) in [5, 5.41) is 0. The first-order valence-corrected chi connectivity index (χ1v) is 2.68. The maximum atomic E-state index is 3.39. The molecule has 0 amide bonds. The van der Waals surface area contributed by atoms with Gasteiger partial charge in [0.25, 0.3) is 0 Å². The molecule has 0 aromatic heterocycles. The molecule has 3 rings (SSSR count). The Bertz CT molecular complexity index is 46.9. The highest BCUT2D eigenvalue weighted by Crippen LogP contribution is 2.47. The van der Waals surface area contributed by atoms with Gasteiger partial charge in [0, 0.05) is 0 Å². The number of hydrogen-bond donors (Lipinski definition) is 0. The largest absolute Gasteiger partial charge is 0.0470 e. The van der Waals surface area contributed by atoms with Gasteiger partial charge in [0.1, 0.15) is 0 Å². The molecule has 0 aromatic rings. The zero-order valence-corrected chi connectivity index (χ0v) is 3.78. The van der Waals surface area contributed by atoms with E-state index >= 15 is 0 Å². The van der Waals surface area contributed by atoms with Crippen LogP contribution in [0.25, 0.3) is 0 Å². The van der Waals surface area contributed by atoms with Crippen LogP contribution in [0.3, 0.4) is 0 Å². The molecule has 0 nitrogen and oxygen atoms in total. The van der Waals surface area contributed by atoms with Gasteiger partial charge >= 0.3 is 0 Å². The predicted molar refractivity (Wildman–Crippen MR) is 24.1 cm³/mol. The Morgan fingerprint density at radius 3 is 2.33 bits per heavy atom. The summed E-state index contributed by atoms with van der Waals surface area (Å²) in [6.45, 7) is 0. The van der Waals surface area contributed by atoms with E-state index in [1.165, 1.54) is 19.3 Å². The maximum Gasteiger partial charge on any atom is -0.0137 e. The van der Waals surface area contributed by atoms with Gasteiger partial charge in [-0.1, -0.05) is 0 Å². The van der Waals surface area contributed by atoms with Gasteiger partial charge in [0.05, 0.1) is 0 Å². The third-order valence-electron chi connectivity index (χ3n) is 1.93. The van der Waals surface area contributed by atoms with Crippen LogP contribution >= 0.6 is 0 Å². The minimum absolute atomic E-state index is 0.940. The molecular weight excluding hydrogens is 72.1 g/mol. The van der Waals surface area contributed by atoms with E-state index in [2.05, 4.69) is 6.42 Å². The van der Waals surface area contributed by atoms with Crippen LogP contribution in [-0.4, -0.2) is 0 Å². The van der Waals surface area contributed by atoms with Gasteiger partial charge in [-0.25, -0.2) is 0 Å². The zero-order chi connectivity index (χ0) is 3.98. The smallest absolute Gasteiger partial charge is 0.0137 e. The molecule has 0 spiro atoms. The standard InChI is InChI=1S/C6H8/c1-2-6-3-5(1)4-6/h5-6H,1,3-4H2. The molecule has 32 valence electrons. The Hall–Kier alpha value is 0. The van der Waals surface area contributed by atoms with Crippen LogP contribution in [-0.2, 0) is 0 Å². The Labute approximate surface area is 38.6 Å². The molecule has 3 fully saturated rings. The molecule has 2 radical (unpaired) electrons. The molecule has 6 heavy (non-hydrogen) atoms. The van der Waals surface area contributed by atoms with Gasteiger partial charge < -0.3 is 0 Å². The molecule has 3 saturated carbocycles. The fraction of sp³-hybridized carbons (Fsp3) is 0.833. The van der Waals surface area contributed by atoms with Crippen LogP contribution in [0.1, 0.15) is 19.3 Å². The molecule has 3 aliphatic carbocycles. The fourth-order valence-electron chi connectivity index (χ4n) is 1.40. The van der Waals surface area contributed by atoms with Crippen molar-refractivity contribution < 1.29 is 0 Å². The van der Waals surface area contributed by atoms with Gasteiger partial charge in [-0.2, -0.15) is 0 Å². The van der Waals surface area contributed by atoms with Crippen LogP contribution < -0.4 is 0 Å². The molecule has 0 saturated heterocycles. The lowest BCUT2D eigenvalue weighted by atomic mass is 9.85. The summed E-state index contributed by atoms with van der Waals surface area (Å²) in [7, 11) is 0. The Morgan fingerprint density at radius 2 is 2.17 bits per heavy atom. The van der Waals surface area contributed by atoms with Gasteiger partial charge in [-0.05, 0) is 37.5 Å². The zero-order valence-electron chi connectivity index (χ0n) is 3.78. The summed E-state index contributed by atoms with van der Waals surface area (Å²) in [5.74, 6) is 2.02. The Morgan fingerprint density at radius 1 is 1.33 bits per heavy atom. The molecule has 0 aromatic carbocycles. The quantitative estimate of drug-likeness (QED) is 0.413. The van der Waals surface area contributed by atoms with E-state index in [0.29, 0.717) is 0 Å². The van der Waals surface area contributed by atoms with E-state index in [9.17, 15) is 0 Å². The second kappa shape index (κ2) is 0.800. The maximum absolute atomic E-state index is 3.39. The summed E-state index contributed by atoms with van der Waals surface area (Å²) >= 11 is 0. The van der Waals surface area contributed by atoms with E-state index in [-0.39, 0.29) is 0 Å². The number of fused-ring (bicyclic) bond motifs is 1. The molecule has 3 aliphatic rings. The van der Waals surface area contributed by atoms with Crippen molar-refractivity contribution >= 4 is 0 Å². The van der Waals surface area contributed by atoms with E-state index < -0.39 is 0 Å². The van der Waals surface area contributed by atoms with Crippen molar-refractivity contribution in [2.45, 2.75) is 19.3 Å². The van der Waals surface area contributed by atoms with Crippen LogP contribution in [0.4, 0.5) is 0 Å². The lowest BCUT2D eigenvalue weighted by Gasteiger charge is -2.20. The lowest BCUT2D eigenvalue weighted by molar-refractivity contribution is 0.315. The number of rotatable bonds is 0. The molecule has 0 heteroatoms. The second-order valence-corrected chi connectivity index (χ2v) is 2.44. The predicted octanol–water partition coefficient (Wildman–Crippen LogP) is 1.50. The molecule has 0 N–H and O–H groups in total. The highest BCUT2D eigenvalue weighted by Gasteiger charge is 2.36. The molecule has 0 heterocycles. The lowest BCUT2D eigenvalue weighted by Crippen LogP contribution is -2.10. The van der Waals surface area contributed by atoms with Crippen molar-refractivity contribution in [1.82, 2.24) is 0 Å². The second-order valence-electron chi connectivity index (χ2n) is 2.44. The highest BCUT2D eigenvalue weighted by atomic mass is 14.4. The summed E-state index contributed by atoms with van der Waals surface area (Å²) in [4.78, 5) is 0. The topological polar surface area (TPSA) is 0 Å². The van der Waals surface area contributed by atoms with Crippen LogP contribution in [0.5, 0.6) is 0 Å². The molecule has 0 unspecified atom stereocenters. The third kappa shape index (κ3) is 0.213.